The standard InChI is InChI=1S/C23H32N4O3/c1-18-8-5-6-11-23(18)21(29)27(22(30)24-23)17-20(28)26-13-7-12-25(14-15-26)16-19-9-3-2-4-10-19/h2-4,9-10,18H,5-8,11-17H2,1H3,(H,24,30). The average Bonchev–Trinajstić information content (AvgIpc) is 2.90. The van der Waals surface area contributed by atoms with E-state index in [2.05, 4.69) is 22.3 Å². The fourth-order valence-corrected chi connectivity index (χ4v) is 5.09. The van der Waals surface area contributed by atoms with Gasteiger partial charge < -0.3 is 10.2 Å². The molecule has 2 heterocycles. The van der Waals surface area contributed by atoms with Gasteiger partial charge in [-0.1, -0.05) is 50.1 Å². The van der Waals surface area contributed by atoms with Gasteiger partial charge in [0.05, 0.1) is 0 Å². The van der Waals surface area contributed by atoms with Gasteiger partial charge in [0.25, 0.3) is 5.91 Å². The Kier molecular flexibility index (Phi) is 6.09. The van der Waals surface area contributed by atoms with Crippen LogP contribution in [0, 0.1) is 5.92 Å². The van der Waals surface area contributed by atoms with Crippen molar-refractivity contribution in [3.05, 3.63) is 35.9 Å². The minimum Gasteiger partial charge on any atom is -0.340 e. The van der Waals surface area contributed by atoms with Gasteiger partial charge in [0.1, 0.15) is 12.1 Å². The van der Waals surface area contributed by atoms with E-state index >= 15 is 0 Å². The molecule has 0 aromatic heterocycles. The normalized spacial score (nSPS) is 28.0. The van der Waals surface area contributed by atoms with Crippen LogP contribution in [0.1, 0.15) is 44.6 Å². The fourth-order valence-electron chi connectivity index (χ4n) is 5.09. The van der Waals surface area contributed by atoms with Crippen LogP contribution in [0.2, 0.25) is 0 Å². The maximum absolute atomic E-state index is 13.1. The van der Waals surface area contributed by atoms with E-state index in [1.54, 1.807) is 4.90 Å². The number of amides is 4. The fraction of sp³-hybridized carbons (Fsp3) is 0.609. The molecular weight excluding hydrogens is 380 g/mol. The smallest absolute Gasteiger partial charge is 0.325 e. The number of carbonyl (C=O) groups is 3. The first kappa shape index (κ1) is 20.8. The topological polar surface area (TPSA) is 73.0 Å². The van der Waals surface area contributed by atoms with Crippen LogP contribution in [0.4, 0.5) is 4.79 Å². The number of nitrogens with one attached hydrogen (secondary N) is 1. The van der Waals surface area contributed by atoms with E-state index in [4.69, 9.17) is 0 Å². The van der Waals surface area contributed by atoms with Crippen molar-refractivity contribution in [2.24, 2.45) is 5.92 Å². The van der Waals surface area contributed by atoms with Crippen LogP contribution in [0.3, 0.4) is 0 Å². The first-order valence-corrected chi connectivity index (χ1v) is 11.2. The van der Waals surface area contributed by atoms with Gasteiger partial charge in [-0.3, -0.25) is 19.4 Å². The van der Waals surface area contributed by atoms with Crippen molar-refractivity contribution >= 4 is 17.8 Å². The Balaban J connectivity index is 1.35. The minimum absolute atomic E-state index is 0.104. The second kappa shape index (κ2) is 8.76. The number of rotatable bonds is 4. The molecule has 1 aromatic rings. The number of imide groups is 1. The Morgan fingerprint density at radius 3 is 2.63 bits per heavy atom. The third-order valence-electron chi connectivity index (χ3n) is 6.99. The molecular formula is C23H32N4O3. The summed E-state index contributed by atoms with van der Waals surface area (Å²) in [6.07, 6.45) is 4.50. The lowest BCUT2D eigenvalue weighted by molar-refractivity contribution is -0.140. The van der Waals surface area contributed by atoms with Gasteiger partial charge in [-0.25, -0.2) is 4.79 Å². The molecule has 1 aromatic carbocycles. The molecule has 4 amide bonds. The van der Waals surface area contributed by atoms with E-state index in [9.17, 15) is 14.4 Å². The van der Waals surface area contributed by atoms with E-state index in [0.717, 1.165) is 50.2 Å². The zero-order valence-corrected chi connectivity index (χ0v) is 17.8. The van der Waals surface area contributed by atoms with Gasteiger partial charge in [-0.05, 0) is 30.7 Å². The Labute approximate surface area is 178 Å². The monoisotopic (exact) mass is 412 g/mol. The highest BCUT2D eigenvalue weighted by Gasteiger charge is 2.55. The van der Waals surface area contributed by atoms with E-state index < -0.39 is 11.6 Å². The van der Waals surface area contributed by atoms with Crippen LogP contribution < -0.4 is 5.32 Å². The Morgan fingerprint density at radius 2 is 1.87 bits per heavy atom. The van der Waals surface area contributed by atoms with E-state index in [-0.39, 0.29) is 24.3 Å². The quantitative estimate of drug-likeness (QED) is 0.770. The molecule has 2 atom stereocenters. The highest BCUT2D eigenvalue weighted by molar-refractivity contribution is 6.09. The van der Waals surface area contributed by atoms with Crippen molar-refractivity contribution in [3.63, 3.8) is 0 Å². The lowest BCUT2D eigenvalue weighted by atomic mass is 9.73. The zero-order chi connectivity index (χ0) is 21.1. The molecule has 2 saturated heterocycles. The van der Waals surface area contributed by atoms with E-state index in [1.807, 2.05) is 25.1 Å². The molecule has 1 spiro atoms. The molecule has 0 radical (unpaired) electrons. The number of carbonyl (C=O) groups excluding carboxylic acids is 3. The van der Waals surface area contributed by atoms with Gasteiger partial charge >= 0.3 is 6.03 Å². The molecule has 0 bridgehead atoms. The van der Waals surface area contributed by atoms with E-state index in [0.29, 0.717) is 19.5 Å². The number of benzene rings is 1. The number of nitrogens with zero attached hydrogens (tertiary/aromatic N) is 3. The first-order chi connectivity index (χ1) is 14.5. The Hall–Kier alpha value is -2.41. The number of hydrogen-bond acceptors (Lipinski definition) is 4. The van der Waals surface area contributed by atoms with Crippen LogP contribution >= 0.6 is 0 Å². The average molecular weight is 413 g/mol. The minimum atomic E-state index is -0.805. The van der Waals surface area contributed by atoms with Gasteiger partial charge in [-0.2, -0.15) is 0 Å². The van der Waals surface area contributed by atoms with Gasteiger partial charge in [0.2, 0.25) is 5.91 Å². The largest absolute Gasteiger partial charge is 0.340 e. The van der Waals surface area contributed by atoms with Gasteiger partial charge in [0.15, 0.2) is 0 Å². The number of urea groups is 1. The summed E-state index contributed by atoms with van der Waals surface area (Å²) in [4.78, 5) is 43.9. The highest BCUT2D eigenvalue weighted by Crippen LogP contribution is 2.38. The molecule has 1 saturated carbocycles. The van der Waals surface area contributed by atoms with Crippen molar-refractivity contribution in [3.8, 4) is 0 Å². The molecule has 30 heavy (non-hydrogen) atoms. The summed E-state index contributed by atoms with van der Waals surface area (Å²) >= 11 is 0. The summed E-state index contributed by atoms with van der Waals surface area (Å²) in [7, 11) is 0. The third-order valence-corrected chi connectivity index (χ3v) is 6.99. The zero-order valence-electron chi connectivity index (χ0n) is 17.8. The second-order valence-electron chi connectivity index (χ2n) is 8.94. The summed E-state index contributed by atoms with van der Waals surface area (Å²) in [5.41, 5.74) is 0.462. The summed E-state index contributed by atoms with van der Waals surface area (Å²) in [6, 6.07) is 9.92. The van der Waals surface area contributed by atoms with Gasteiger partial charge in [-0.15, -0.1) is 0 Å². The first-order valence-electron chi connectivity index (χ1n) is 11.2. The summed E-state index contributed by atoms with van der Waals surface area (Å²) in [6.45, 7) is 5.75. The molecule has 3 aliphatic rings. The predicted molar refractivity (Wildman–Crippen MR) is 114 cm³/mol. The van der Waals surface area contributed by atoms with Crippen molar-refractivity contribution in [1.29, 1.82) is 0 Å². The van der Waals surface area contributed by atoms with Crippen LogP contribution in [0.15, 0.2) is 30.3 Å². The summed E-state index contributed by atoms with van der Waals surface area (Å²) in [5, 5.41) is 2.93. The Bertz CT molecular complexity index is 799. The maximum Gasteiger partial charge on any atom is 0.325 e. The molecule has 1 N–H and O–H groups in total. The van der Waals surface area contributed by atoms with Crippen molar-refractivity contribution in [1.82, 2.24) is 20.0 Å². The van der Waals surface area contributed by atoms with Gasteiger partial charge in [0, 0.05) is 32.7 Å². The molecule has 1 aliphatic carbocycles. The van der Waals surface area contributed by atoms with Crippen molar-refractivity contribution < 1.29 is 14.4 Å². The van der Waals surface area contributed by atoms with Crippen LogP contribution in [-0.2, 0) is 16.1 Å². The molecule has 162 valence electrons. The molecule has 2 aliphatic heterocycles. The molecule has 3 fully saturated rings. The maximum atomic E-state index is 13.1. The van der Waals surface area contributed by atoms with Crippen molar-refractivity contribution in [2.75, 3.05) is 32.7 Å². The molecule has 4 rings (SSSR count). The van der Waals surface area contributed by atoms with E-state index in [1.165, 1.54) is 5.56 Å². The Morgan fingerprint density at radius 1 is 1.07 bits per heavy atom. The lowest BCUT2D eigenvalue weighted by Crippen LogP contribution is -2.54. The molecule has 7 nitrogen and oxygen atoms in total. The molecule has 7 heteroatoms. The molecule has 2 unspecified atom stereocenters. The van der Waals surface area contributed by atoms with Crippen LogP contribution in [0.5, 0.6) is 0 Å². The third kappa shape index (κ3) is 4.08. The number of hydrogen-bond donors (Lipinski definition) is 1. The second-order valence-corrected chi connectivity index (χ2v) is 8.94. The predicted octanol–water partition coefficient (Wildman–Crippen LogP) is 2.22. The van der Waals surface area contributed by atoms with Crippen molar-refractivity contribution in [2.45, 2.75) is 51.1 Å². The van der Waals surface area contributed by atoms with Crippen LogP contribution in [0.25, 0.3) is 0 Å². The highest BCUT2D eigenvalue weighted by atomic mass is 16.2. The van der Waals surface area contributed by atoms with Crippen LogP contribution in [-0.4, -0.2) is 70.8 Å². The summed E-state index contributed by atoms with van der Waals surface area (Å²) < 4.78 is 0. The SMILES string of the molecule is CC1CCCCC12NC(=O)N(CC(=O)N1CCCN(Cc3ccccc3)CC1)C2=O. The lowest BCUT2D eigenvalue weighted by Gasteiger charge is -2.36. The summed E-state index contributed by atoms with van der Waals surface area (Å²) in [5.74, 6) is -0.248.